The van der Waals surface area contributed by atoms with Gasteiger partial charge in [-0.2, -0.15) is 0 Å². The number of aryl methyl sites for hydroxylation is 1. The molecular weight excluding hydrogens is 276 g/mol. The molecule has 0 radical (unpaired) electrons. The molecule has 1 fully saturated rings. The van der Waals surface area contributed by atoms with E-state index in [9.17, 15) is 13.2 Å². The predicted octanol–water partition coefficient (Wildman–Crippen LogP) is 1.28. The minimum atomic E-state index is -3.65. The summed E-state index contributed by atoms with van der Waals surface area (Å²) in [4.78, 5) is 14.1. The third-order valence-corrected chi connectivity index (χ3v) is 4.46. The van der Waals surface area contributed by atoms with Gasteiger partial charge in [0.1, 0.15) is 0 Å². The fourth-order valence-corrected chi connectivity index (χ4v) is 2.78. The van der Waals surface area contributed by atoms with Crippen molar-refractivity contribution in [3.63, 3.8) is 0 Å². The molecule has 1 aromatic rings. The summed E-state index contributed by atoms with van der Waals surface area (Å²) in [7, 11) is -3.65. The van der Waals surface area contributed by atoms with Gasteiger partial charge < -0.3 is 4.90 Å². The van der Waals surface area contributed by atoms with Crippen molar-refractivity contribution in [2.75, 3.05) is 6.54 Å². The maximum Gasteiger partial charge on any atom is 0.238 e. The van der Waals surface area contributed by atoms with Gasteiger partial charge in [-0.1, -0.05) is 12.1 Å². The topological polar surface area (TPSA) is 80.5 Å². The smallest absolute Gasteiger partial charge is 0.238 e. The Balaban J connectivity index is 1.92. The van der Waals surface area contributed by atoms with E-state index in [1.807, 2.05) is 11.8 Å². The molecule has 1 aliphatic carbocycles. The number of nitrogens with zero attached hydrogens (tertiary/aromatic N) is 1. The van der Waals surface area contributed by atoms with Crippen LogP contribution >= 0.6 is 0 Å². The SMILES string of the molecule is CCN(C(=O)CCc1ccc(S(N)(=O)=O)cc1)C1CC1. The summed E-state index contributed by atoms with van der Waals surface area (Å²) >= 11 is 0. The Morgan fingerprint density at radius 3 is 2.35 bits per heavy atom. The summed E-state index contributed by atoms with van der Waals surface area (Å²) in [5, 5.41) is 5.04. The summed E-state index contributed by atoms with van der Waals surface area (Å²) < 4.78 is 22.3. The molecule has 5 nitrogen and oxygen atoms in total. The van der Waals surface area contributed by atoms with Crippen molar-refractivity contribution >= 4 is 15.9 Å². The molecule has 1 saturated carbocycles. The van der Waals surface area contributed by atoms with Crippen LogP contribution in [0.3, 0.4) is 0 Å². The molecule has 1 aromatic carbocycles. The Bertz CT molecular complexity index is 577. The van der Waals surface area contributed by atoms with Gasteiger partial charge in [0.25, 0.3) is 0 Å². The van der Waals surface area contributed by atoms with Crippen molar-refractivity contribution < 1.29 is 13.2 Å². The Morgan fingerprint density at radius 1 is 1.30 bits per heavy atom. The molecule has 20 heavy (non-hydrogen) atoms. The predicted molar refractivity (Wildman–Crippen MR) is 76.5 cm³/mol. The van der Waals surface area contributed by atoms with Crippen molar-refractivity contribution in [3.05, 3.63) is 29.8 Å². The summed E-state index contributed by atoms with van der Waals surface area (Å²) in [6.07, 6.45) is 3.30. The number of primary sulfonamides is 1. The highest BCUT2D eigenvalue weighted by Gasteiger charge is 2.30. The molecule has 0 bridgehead atoms. The van der Waals surface area contributed by atoms with Crippen molar-refractivity contribution in [1.82, 2.24) is 4.90 Å². The van der Waals surface area contributed by atoms with Gasteiger partial charge in [-0.15, -0.1) is 0 Å². The normalized spacial score (nSPS) is 15.1. The highest BCUT2D eigenvalue weighted by Crippen LogP contribution is 2.27. The molecule has 2 N–H and O–H groups in total. The van der Waals surface area contributed by atoms with Gasteiger partial charge >= 0.3 is 0 Å². The van der Waals surface area contributed by atoms with Gasteiger partial charge in [-0.05, 0) is 43.9 Å². The first-order valence-corrected chi connectivity index (χ1v) is 8.37. The molecule has 1 amide bonds. The molecule has 0 saturated heterocycles. The summed E-state index contributed by atoms with van der Waals surface area (Å²) in [6.45, 7) is 2.75. The van der Waals surface area contributed by atoms with E-state index in [-0.39, 0.29) is 10.8 Å². The second kappa shape index (κ2) is 5.93. The van der Waals surface area contributed by atoms with Gasteiger partial charge in [0, 0.05) is 19.0 Å². The fraction of sp³-hybridized carbons (Fsp3) is 0.500. The van der Waals surface area contributed by atoms with E-state index < -0.39 is 10.0 Å². The Hall–Kier alpha value is -1.40. The zero-order valence-corrected chi connectivity index (χ0v) is 12.4. The van der Waals surface area contributed by atoms with Crippen LogP contribution in [-0.2, 0) is 21.2 Å². The molecule has 110 valence electrons. The van der Waals surface area contributed by atoms with Gasteiger partial charge in [-0.3, -0.25) is 4.79 Å². The number of sulfonamides is 1. The van der Waals surface area contributed by atoms with E-state index >= 15 is 0 Å². The van der Waals surface area contributed by atoms with Crippen LogP contribution in [0.4, 0.5) is 0 Å². The van der Waals surface area contributed by atoms with Crippen molar-refractivity contribution in [1.29, 1.82) is 0 Å². The molecular formula is C14H20N2O3S. The first kappa shape index (κ1) is 15.0. The molecule has 1 aliphatic rings. The minimum Gasteiger partial charge on any atom is -0.340 e. The van der Waals surface area contributed by atoms with Crippen LogP contribution in [0, 0.1) is 0 Å². The van der Waals surface area contributed by atoms with E-state index in [4.69, 9.17) is 5.14 Å². The molecule has 0 spiro atoms. The third-order valence-electron chi connectivity index (χ3n) is 3.53. The molecule has 6 heteroatoms. The molecule has 0 atom stereocenters. The highest BCUT2D eigenvalue weighted by molar-refractivity contribution is 7.89. The average molecular weight is 296 g/mol. The number of rotatable bonds is 6. The van der Waals surface area contributed by atoms with Gasteiger partial charge in [0.05, 0.1) is 4.90 Å². The molecule has 0 aromatic heterocycles. The van der Waals surface area contributed by atoms with Gasteiger partial charge in [0.15, 0.2) is 0 Å². The first-order chi connectivity index (χ1) is 9.41. The second-order valence-corrected chi connectivity index (χ2v) is 6.66. The lowest BCUT2D eigenvalue weighted by atomic mass is 10.1. The summed E-state index contributed by atoms with van der Waals surface area (Å²) in [5.41, 5.74) is 0.942. The molecule has 0 unspecified atom stereocenters. The number of benzene rings is 1. The van der Waals surface area contributed by atoms with E-state index in [1.165, 1.54) is 12.1 Å². The van der Waals surface area contributed by atoms with Crippen LogP contribution in [0.1, 0.15) is 31.7 Å². The van der Waals surface area contributed by atoms with Gasteiger partial charge in [-0.25, -0.2) is 13.6 Å². The lowest BCUT2D eigenvalue weighted by molar-refractivity contribution is -0.131. The third kappa shape index (κ3) is 3.80. The number of carbonyl (C=O) groups excluding carboxylic acids is 1. The minimum absolute atomic E-state index is 0.0979. The monoisotopic (exact) mass is 296 g/mol. The highest BCUT2D eigenvalue weighted by atomic mass is 32.2. The van der Waals surface area contributed by atoms with Crippen LogP contribution in [0.5, 0.6) is 0 Å². The fourth-order valence-electron chi connectivity index (χ4n) is 2.27. The lowest BCUT2D eigenvalue weighted by Gasteiger charge is -2.20. The number of hydrogen-bond donors (Lipinski definition) is 1. The van der Waals surface area contributed by atoms with Crippen LogP contribution in [0.2, 0.25) is 0 Å². The number of nitrogens with two attached hydrogens (primary N) is 1. The largest absolute Gasteiger partial charge is 0.340 e. The molecule has 2 rings (SSSR count). The number of amides is 1. The van der Waals surface area contributed by atoms with Crippen molar-refractivity contribution in [2.45, 2.75) is 43.5 Å². The average Bonchev–Trinajstić information content (AvgIpc) is 3.21. The van der Waals surface area contributed by atoms with Crippen molar-refractivity contribution in [3.8, 4) is 0 Å². The number of hydrogen-bond acceptors (Lipinski definition) is 3. The zero-order valence-electron chi connectivity index (χ0n) is 11.6. The standard InChI is InChI=1S/C14H20N2O3S/c1-2-16(12-6-7-12)14(17)10-5-11-3-8-13(9-4-11)20(15,18)19/h3-4,8-9,12H,2,5-7,10H2,1H3,(H2,15,18,19). The zero-order chi connectivity index (χ0) is 14.8. The maximum atomic E-state index is 12.1. The van der Waals surface area contributed by atoms with E-state index in [0.717, 1.165) is 24.9 Å². The maximum absolute atomic E-state index is 12.1. The van der Waals surface area contributed by atoms with E-state index in [2.05, 4.69) is 0 Å². The van der Waals surface area contributed by atoms with E-state index in [0.29, 0.717) is 18.9 Å². The number of carbonyl (C=O) groups is 1. The van der Waals surface area contributed by atoms with Crippen LogP contribution in [-0.4, -0.2) is 31.8 Å². The lowest BCUT2D eigenvalue weighted by Crippen LogP contribution is -2.32. The second-order valence-electron chi connectivity index (χ2n) is 5.10. The molecule has 0 aliphatic heterocycles. The summed E-state index contributed by atoms with van der Waals surface area (Å²) in [5.74, 6) is 0.172. The Morgan fingerprint density at radius 2 is 1.90 bits per heavy atom. The quantitative estimate of drug-likeness (QED) is 0.858. The van der Waals surface area contributed by atoms with Crippen LogP contribution in [0.15, 0.2) is 29.2 Å². The van der Waals surface area contributed by atoms with Crippen LogP contribution in [0.25, 0.3) is 0 Å². The van der Waals surface area contributed by atoms with Crippen molar-refractivity contribution in [2.24, 2.45) is 5.14 Å². The van der Waals surface area contributed by atoms with Gasteiger partial charge in [0.2, 0.25) is 15.9 Å². The van der Waals surface area contributed by atoms with Crippen LogP contribution < -0.4 is 5.14 Å². The van der Waals surface area contributed by atoms with E-state index in [1.54, 1.807) is 12.1 Å². The summed E-state index contributed by atoms with van der Waals surface area (Å²) in [6, 6.07) is 6.82. The first-order valence-electron chi connectivity index (χ1n) is 6.83. The molecule has 0 heterocycles. The Labute approximate surface area is 119 Å². The Kier molecular flexibility index (Phi) is 4.45.